The molecule has 0 saturated carbocycles. The van der Waals surface area contributed by atoms with Crippen LogP contribution in [0.2, 0.25) is 0 Å². The number of para-hydroxylation sites is 1. The standard InChI is InChI=1S/C15H17NO2S/c1-3-11-10(2)16-13-7-5-4-6-12(13)15(11)19-9-8-14(17)18/h4-7H,3,8-9H2,1-2H3,(H,17,18). The number of aromatic nitrogens is 1. The van der Waals surface area contributed by atoms with Crippen molar-refractivity contribution in [3.8, 4) is 0 Å². The fraction of sp³-hybridized carbons (Fsp3) is 0.333. The Morgan fingerprint density at radius 1 is 1.37 bits per heavy atom. The number of rotatable bonds is 5. The predicted molar refractivity (Wildman–Crippen MR) is 78.8 cm³/mol. The molecular formula is C15H17NO2S. The minimum Gasteiger partial charge on any atom is -0.481 e. The fourth-order valence-corrected chi connectivity index (χ4v) is 3.44. The van der Waals surface area contributed by atoms with Gasteiger partial charge in [0.05, 0.1) is 11.9 Å². The normalized spacial score (nSPS) is 10.8. The highest BCUT2D eigenvalue weighted by atomic mass is 32.2. The molecule has 0 radical (unpaired) electrons. The van der Waals surface area contributed by atoms with E-state index in [4.69, 9.17) is 5.11 Å². The second-order valence-electron chi connectivity index (χ2n) is 4.37. The maximum Gasteiger partial charge on any atom is 0.304 e. The van der Waals surface area contributed by atoms with Gasteiger partial charge in [0.15, 0.2) is 0 Å². The molecule has 0 aliphatic rings. The maximum atomic E-state index is 10.6. The molecule has 0 saturated heterocycles. The van der Waals surface area contributed by atoms with Gasteiger partial charge in [-0.15, -0.1) is 11.8 Å². The molecule has 3 nitrogen and oxygen atoms in total. The summed E-state index contributed by atoms with van der Waals surface area (Å²) < 4.78 is 0. The lowest BCUT2D eigenvalue weighted by Gasteiger charge is -2.13. The van der Waals surface area contributed by atoms with Crippen LogP contribution >= 0.6 is 11.8 Å². The first kappa shape index (κ1) is 13.9. The van der Waals surface area contributed by atoms with Crippen molar-refractivity contribution in [1.29, 1.82) is 0 Å². The molecule has 2 rings (SSSR count). The van der Waals surface area contributed by atoms with Gasteiger partial charge in [-0.25, -0.2) is 0 Å². The zero-order valence-corrected chi connectivity index (χ0v) is 12.0. The predicted octanol–water partition coefficient (Wildman–Crippen LogP) is 3.67. The molecule has 0 fully saturated rings. The van der Waals surface area contributed by atoms with Gasteiger partial charge in [0.1, 0.15) is 0 Å². The molecule has 0 spiro atoms. The quantitative estimate of drug-likeness (QED) is 0.846. The molecular weight excluding hydrogens is 258 g/mol. The van der Waals surface area contributed by atoms with Crippen molar-refractivity contribution in [2.24, 2.45) is 0 Å². The molecule has 0 aliphatic carbocycles. The molecule has 0 amide bonds. The molecule has 100 valence electrons. The average molecular weight is 275 g/mol. The maximum absolute atomic E-state index is 10.6. The summed E-state index contributed by atoms with van der Waals surface area (Å²) >= 11 is 1.62. The van der Waals surface area contributed by atoms with Gasteiger partial charge < -0.3 is 5.11 Å². The van der Waals surface area contributed by atoms with Crippen molar-refractivity contribution in [1.82, 2.24) is 4.98 Å². The summed E-state index contributed by atoms with van der Waals surface area (Å²) in [7, 11) is 0. The third kappa shape index (κ3) is 3.07. The van der Waals surface area contributed by atoms with Crippen molar-refractivity contribution < 1.29 is 9.90 Å². The van der Waals surface area contributed by atoms with Gasteiger partial charge in [0.25, 0.3) is 0 Å². The van der Waals surface area contributed by atoms with E-state index in [1.54, 1.807) is 11.8 Å². The number of pyridine rings is 1. The van der Waals surface area contributed by atoms with Crippen molar-refractivity contribution in [2.45, 2.75) is 31.6 Å². The van der Waals surface area contributed by atoms with Gasteiger partial charge >= 0.3 is 5.97 Å². The molecule has 0 unspecified atom stereocenters. The summed E-state index contributed by atoms with van der Waals surface area (Å²) in [6, 6.07) is 8.04. The Bertz CT molecular complexity index is 610. The lowest BCUT2D eigenvalue weighted by atomic mass is 10.1. The molecule has 1 N–H and O–H groups in total. The largest absolute Gasteiger partial charge is 0.481 e. The molecule has 0 aliphatic heterocycles. The Labute approximate surface area is 117 Å². The number of carbonyl (C=O) groups is 1. The van der Waals surface area contributed by atoms with Crippen LogP contribution in [0.5, 0.6) is 0 Å². The highest BCUT2D eigenvalue weighted by molar-refractivity contribution is 7.99. The van der Waals surface area contributed by atoms with Crippen LogP contribution in [0, 0.1) is 6.92 Å². The lowest BCUT2D eigenvalue weighted by molar-refractivity contribution is -0.136. The average Bonchev–Trinajstić information content (AvgIpc) is 2.38. The van der Waals surface area contributed by atoms with E-state index in [1.165, 1.54) is 10.5 Å². The zero-order chi connectivity index (χ0) is 13.8. The van der Waals surface area contributed by atoms with E-state index in [0.717, 1.165) is 23.0 Å². The van der Waals surface area contributed by atoms with Crippen LogP contribution in [0.15, 0.2) is 29.2 Å². The van der Waals surface area contributed by atoms with Crippen LogP contribution in [0.4, 0.5) is 0 Å². The summed E-state index contributed by atoms with van der Waals surface area (Å²) in [6.45, 7) is 4.13. The van der Waals surface area contributed by atoms with Crippen LogP contribution < -0.4 is 0 Å². The number of carboxylic acid groups (broad SMARTS) is 1. The fourth-order valence-electron chi connectivity index (χ4n) is 2.16. The minimum absolute atomic E-state index is 0.184. The second-order valence-corrected chi connectivity index (χ2v) is 5.47. The number of aryl methyl sites for hydroxylation is 1. The van der Waals surface area contributed by atoms with E-state index >= 15 is 0 Å². The minimum atomic E-state index is -0.749. The second kappa shape index (κ2) is 6.06. The first-order chi connectivity index (χ1) is 9.13. The van der Waals surface area contributed by atoms with Crippen LogP contribution in [-0.2, 0) is 11.2 Å². The number of carboxylic acids is 1. The van der Waals surface area contributed by atoms with E-state index in [1.807, 2.05) is 25.1 Å². The third-order valence-electron chi connectivity index (χ3n) is 3.06. The highest BCUT2D eigenvalue weighted by Crippen LogP contribution is 2.32. The number of hydrogen-bond donors (Lipinski definition) is 1. The van der Waals surface area contributed by atoms with Gasteiger partial charge in [-0.2, -0.15) is 0 Å². The number of thioether (sulfide) groups is 1. The molecule has 1 aromatic heterocycles. The van der Waals surface area contributed by atoms with Gasteiger partial charge in [0.2, 0.25) is 0 Å². The summed E-state index contributed by atoms with van der Waals surface area (Å²) in [5, 5.41) is 9.89. The van der Waals surface area contributed by atoms with Crippen molar-refractivity contribution in [3.05, 3.63) is 35.5 Å². The topological polar surface area (TPSA) is 50.2 Å². The van der Waals surface area contributed by atoms with Gasteiger partial charge in [-0.3, -0.25) is 9.78 Å². The summed E-state index contributed by atoms with van der Waals surface area (Å²) in [5.74, 6) is -0.156. The Morgan fingerprint density at radius 3 is 2.79 bits per heavy atom. The van der Waals surface area contributed by atoms with Crippen LogP contribution in [0.3, 0.4) is 0 Å². The van der Waals surface area contributed by atoms with Gasteiger partial charge in [-0.05, 0) is 25.0 Å². The summed E-state index contributed by atoms with van der Waals surface area (Å²) in [5.41, 5.74) is 3.25. The van der Waals surface area contributed by atoms with E-state index in [0.29, 0.717) is 5.75 Å². The SMILES string of the molecule is CCc1c(C)nc2ccccc2c1SCCC(=O)O. The van der Waals surface area contributed by atoms with Crippen molar-refractivity contribution in [2.75, 3.05) is 5.75 Å². The number of benzene rings is 1. The number of fused-ring (bicyclic) bond motifs is 1. The number of nitrogens with zero attached hydrogens (tertiary/aromatic N) is 1. The van der Waals surface area contributed by atoms with Crippen molar-refractivity contribution >= 4 is 28.6 Å². The smallest absolute Gasteiger partial charge is 0.304 e. The first-order valence-corrected chi connectivity index (χ1v) is 7.34. The third-order valence-corrected chi connectivity index (χ3v) is 4.23. The van der Waals surface area contributed by atoms with Gasteiger partial charge in [-0.1, -0.05) is 25.1 Å². The van der Waals surface area contributed by atoms with Crippen LogP contribution in [-0.4, -0.2) is 21.8 Å². The number of hydrogen-bond acceptors (Lipinski definition) is 3. The lowest BCUT2D eigenvalue weighted by Crippen LogP contribution is -1.99. The van der Waals surface area contributed by atoms with E-state index in [2.05, 4.69) is 18.0 Å². The molecule has 0 bridgehead atoms. The van der Waals surface area contributed by atoms with E-state index in [9.17, 15) is 4.79 Å². The molecule has 19 heavy (non-hydrogen) atoms. The molecule has 4 heteroatoms. The van der Waals surface area contributed by atoms with E-state index in [-0.39, 0.29) is 6.42 Å². The molecule has 0 atom stereocenters. The van der Waals surface area contributed by atoms with Crippen molar-refractivity contribution in [3.63, 3.8) is 0 Å². The zero-order valence-electron chi connectivity index (χ0n) is 11.1. The van der Waals surface area contributed by atoms with Gasteiger partial charge in [0, 0.05) is 21.7 Å². The summed E-state index contributed by atoms with van der Waals surface area (Å²) in [6.07, 6.45) is 1.10. The van der Waals surface area contributed by atoms with E-state index < -0.39 is 5.97 Å². The Kier molecular flexibility index (Phi) is 4.43. The molecule has 1 heterocycles. The Balaban J connectivity index is 2.45. The van der Waals surface area contributed by atoms with Crippen LogP contribution in [0.1, 0.15) is 24.6 Å². The Morgan fingerprint density at radius 2 is 2.11 bits per heavy atom. The Hall–Kier alpha value is -1.55. The number of aliphatic carboxylic acids is 1. The molecule has 1 aromatic carbocycles. The summed E-state index contributed by atoms with van der Waals surface area (Å²) in [4.78, 5) is 16.5. The van der Waals surface area contributed by atoms with Crippen LogP contribution in [0.25, 0.3) is 10.9 Å². The highest BCUT2D eigenvalue weighted by Gasteiger charge is 2.12. The monoisotopic (exact) mass is 275 g/mol. The first-order valence-electron chi connectivity index (χ1n) is 6.36. The molecule has 2 aromatic rings.